The molecule has 0 bridgehead atoms. The minimum Gasteiger partial charge on any atom is -0.456 e. The quantitative estimate of drug-likeness (QED) is 0.849. The first-order valence-electron chi connectivity index (χ1n) is 8.06. The van der Waals surface area contributed by atoms with Crippen molar-refractivity contribution in [2.45, 2.75) is 65.6 Å². The Labute approximate surface area is 144 Å². The van der Waals surface area contributed by atoms with Crippen LogP contribution in [-0.4, -0.2) is 34.9 Å². The molecule has 1 aromatic carbocycles. The van der Waals surface area contributed by atoms with Gasteiger partial charge in [0.15, 0.2) is 0 Å². The molecule has 1 rings (SSSR count). The molecule has 0 aliphatic heterocycles. The van der Waals surface area contributed by atoms with Gasteiger partial charge in [-0.2, -0.15) is 0 Å². The maximum Gasteiger partial charge on any atom is 0.339 e. The summed E-state index contributed by atoms with van der Waals surface area (Å²) >= 11 is 0. The summed E-state index contributed by atoms with van der Waals surface area (Å²) in [4.78, 5) is 25.2. The molecule has 0 radical (unpaired) electrons. The Morgan fingerprint density at radius 1 is 1.00 bits per heavy atom. The van der Waals surface area contributed by atoms with Gasteiger partial charge in [0.2, 0.25) is 0 Å². The maximum absolute atomic E-state index is 12.7. The molecule has 0 aromatic heterocycles. The van der Waals surface area contributed by atoms with Crippen molar-refractivity contribution in [1.29, 1.82) is 0 Å². The molecular weight excluding hydrogens is 308 g/mol. The van der Waals surface area contributed by atoms with E-state index in [4.69, 9.17) is 9.47 Å². The molecule has 5 heteroatoms. The molecule has 1 unspecified atom stereocenters. The van der Waals surface area contributed by atoms with E-state index < -0.39 is 23.1 Å². The fourth-order valence-corrected chi connectivity index (χ4v) is 2.14. The van der Waals surface area contributed by atoms with Crippen molar-refractivity contribution < 1.29 is 24.2 Å². The molecule has 5 nitrogen and oxygen atoms in total. The average molecular weight is 336 g/mol. The summed E-state index contributed by atoms with van der Waals surface area (Å²) in [5.74, 6) is -1.50. The first-order valence-corrected chi connectivity index (χ1v) is 8.06. The van der Waals surface area contributed by atoms with Gasteiger partial charge in [-0.3, -0.25) is 0 Å². The second-order valence-electron chi connectivity index (χ2n) is 7.86. The van der Waals surface area contributed by atoms with Crippen molar-refractivity contribution in [2.75, 3.05) is 6.61 Å². The number of esters is 2. The predicted molar refractivity (Wildman–Crippen MR) is 92.3 cm³/mol. The minimum atomic E-state index is -0.697. The third-order valence-electron chi connectivity index (χ3n) is 3.12. The molecule has 0 spiro atoms. The normalized spacial score (nSPS) is 13.3. The molecule has 0 saturated carbocycles. The summed E-state index contributed by atoms with van der Waals surface area (Å²) in [6.45, 7) is 12.2. The van der Waals surface area contributed by atoms with Gasteiger partial charge in [0.05, 0.1) is 11.1 Å². The lowest BCUT2D eigenvalue weighted by Gasteiger charge is -2.24. The van der Waals surface area contributed by atoms with E-state index in [1.54, 1.807) is 66.7 Å². The van der Waals surface area contributed by atoms with Gasteiger partial charge in [0, 0.05) is 12.5 Å². The minimum absolute atomic E-state index is 0.145. The van der Waals surface area contributed by atoms with E-state index in [1.807, 2.05) is 0 Å². The molecule has 0 amide bonds. The number of rotatable bonds is 4. The van der Waals surface area contributed by atoms with Crippen LogP contribution in [0.3, 0.4) is 0 Å². The highest BCUT2D eigenvalue weighted by Crippen LogP contribution is 2.27. The summed E-state index contributed by atoms with van der Waals surface area (Å²) in [5, 5.41) is 9.47. The molecule has 1 aromatic rings. The summed E-state index contributed by atoms with van der Waals surface area (Å²) in [5.41, 5.74) is -0.506. The fraction of sp³-hybridized carbons (Fsp3) is 0.579. The summed E-state index contributed by atoms with van der Waals surface area (Å²) in [6.07, 6.45) is 0. The summed E-state index contributed by atoms with van der Waals surface area (Å²) in [7, 11) is 0. The van der Waals surface area contributed by atoms with Crippen LogP contribution in [0.2, 0.25) is 0 Å². The van der Waals surface area contributed by atoms with Crippen LogP contribution in [0.1, 0.15) is 80.7 Å². The van der Waals surface area contributed by atoms with Crippen molar-refractivity contribution in [3.63, 3.8) is 0 Å². The number of aliphatic hydroxyl groups excluding tert-OH is 1. The average Bonchev–Trinajstić information content (AvgIpc) is 2.41. The van der Waals surface area contributed by atoms with Crippen molar-refractivity contribution in [2.24, 2.45) is 0 Å². The molecule has 1 N–H and O–H groups in total. The Bertz CT molecular complexity index is 605. The Balaban J connectivity index is 3.43. The van der Waals surface area contributed by atoms with Crippen LogP contribution >= 0.6 is 0 Å². The van der Waals surface area contributed by atoms with Gasteiger partial charge in [0.1, 0.15) is 11.2 Å². The van der Waals surface area contributed by atoms with E-state index in [1.165, 1.54) is 0 Å². The highest BCUT2D eigenvalue weighted by molar-refractivity contribution is 6.04. The van der Waals surface area contributed by atoms with E-state index in [0.717, 1.165) is 0 Å². The lowest BCUT2D eigenvalue weighted by Crippen LogP contribution is -2.29. The van der Waals surface area contributed by atoms with Gasteiger partial charge < -0.3 is 14.6 Å². The second kappa shape index (κ2) is 7.34. The fourth-order valence-electron chi connectivity index (χ4n) is 2.14. The lowest BCUT2D eigenvalue weighted by atomic mass is 9.92. The van der Waals surface area contributed by atoms with Gasteiger partial charge in [-0.05, 0) is 53.2 Å². The van der Waals surface area contributed by atoms with Crippen molar-refractivity contribution in [3.8, 4) is 0 Å². The monoisotopic (exact) mass is 336 g/mol. The molecule has 1 atom stereocenters. The van der Waals surface area contributed by atoms with E-state index in [0.29, 0.717) is 5.56 Å². The number of carbonyl (C=O) groups is 2. The number of hydrogen-bond donors (Lipinski definition) is 1. The molecule has 24 heavy (non-hydrogen) atoms. The smallest absolute Gasteiger partial charge is 0.339 e. The van der Waals surface area contributed by atoms with E-state index in [-0.39, 0.29) is 23.7 Å². The van der Waals surface area contributed by atoms with Gasteiger partial charge in [-0.15, -0.1) is 0 Å². The van der Waals surface area contributed by atoms with Crippen LogP contribution in [0.25, 0.3) is 0 Å². The van der Waals surface area contributed by atoms with Crippen molar-refractivity contribution in [1.82, 2.24) is 0 Å². The number of aliphatic hydroxyl groups is 1. The number of hydrogen-bond acceptors (Lipinski definition) is 5. The zero-order valence-electron chi connectivity index (χ0n) is 15.6. The Morgan fingerprint density at radius 2 is 1.50 bits per heavy atom. The maximum atomic E-state index is 12.7. The largest absolute Gasteiger partial charge is 0.456 e. The van der Waals surface area contributed by atoms with Gasteiger partial charge in [0.25, 0.3) is 0 Å². The number of benzene rings is 1. The standard InChI is InChI=1S/C19H28O5/c1-12(11-20)13-9-8-10-14(16(21)23-18(2,3)4)15(13)17(22)24-19(5,6)7/h8-10,12,20H,11H2,1-7H3. The van der Waals surface area contributed by atoms with E-state index in [2.05, 4.69) is 0 Å². The van der Waals surface area contributed by atoms with E-state index in [9.17, 15) is 14.7 Å². The molecule has 0 heterocycles. The molecule has 0 aliphatic carbocycles. The Hall–Kier alpha value is -1.88. The molecular formula is C19H28O5. The topological polar surface area (TPSA) is 72.8 Å². The molecule has 0 fully saturated rings. The number of ether oxygens (including phenoxy) is 2. The van der Waals surface area contributed by atoms with Gasteiger partial charge >= 0.3 is 11.9 Å². The van der Waals surface area contributed by atoms with Crippen molar-refractivity contribution >= 4 is 11.9 Å². The highest BCUT2D eigenvalue weighted by atomic mass is 16.6. The van der Waals surface area contributed by atoms with Crippen LogP contribution in [0.15, 0.2) is 18.2 Å². The second-order valence-corrected chi connectivity index (χ2v) is 7.86. The first-order chi connectivity index (χ1) is 10.9. The third-order valence-corrected chi connectivity index (χ3v) is 3.12. The van der Waals surface area contributed by atoms with Gasteiger partial charge in [-0.1, -0.05) is 19.1 Å². The third kappa shape index (κ3) is 5.64. The first kappa shape index (κ1) is 20.2. The molecule has 134 valence electrons. The highest BCUT2D eigenvalue weighted by Gasteiger charge is 2.29. The SMILES string of the molecule is CC(CO)c1cccc(C(=O)OC(C)(C)C)c1C(=O)OC(C)(C)C. The zero-order valence-corrected chi connectivity index (χ0v) is 15.6. The zero-order chi connectivity index (χ0) is 18.7. The lowest BCUT2D eigenvalue weighted by molar-refractivity contribution is 0.00170. The Morgan fingerprint density at radius 3 is 1.96 bits per heavy atom. The van der Waals surface area contributed by atoms with Crippen LogP contribution in [-0.2, 0) is 9.47 Å². The predicted octanol–water partition coefficient (Wildman–Crippen LogP) is 3.69. The van der Waals surface area contributed by atoms with Crippen LogP contribution in [0, 0.1) is 0 Å². The summed E-state index contributed by atoms with van der Waals surface area (Å²) < 4.78 is 10.9. The molecule has 0 saturated heterocycles. The number of carbonyl (C=O) groups excluding carboxylic acids is 2. The van der Waals surface area contributed by atoms with Crippen LogP contribution < -0.4 is 0 Å². The Kier molecular flexibility index (Phi) is 6.17. The van der Waals surface area contributed by atoms with Crippen molar-refractivity contribution in [3.05, 3.63) is 34.9 Å². The summed E-state index contributed by atoms with van der Waals surface area (Å²) in [6, 6.07) is 4.93. The van der Waals surface area contributed by atoms with Crippen LogP contribution in [0.5, 0.6) is 0 Å². The molecule has 0 aliphatic rings. The van der Waals surface area contributed by atoms with E-state index >= 15 is 0 Å². The van der Waals surface area contributed by atoms with Crippen LogP contribution in [0.4, 0.5) is 0 Å². The van der Waals surface area contributed by atoms with Gasteiger partial charge in [-0.25, -0.2) is 9.59 Å².